The number of benzene rings is 2. The molecule has 3 aromatic rings. The molecule has 9 heteroatoms. The van der Waals surface area contributed by atoms with Crippen molar-refractivity contribution in [1.82, 2.24) is 9.88 Å². The topological polar surface area (TPSA) is 70.6 Å². The van der Waals surface area contributed by atoms with Crippen LogP contribution in [0.4, 0.5) is 5.13 Å². The summed E-state index contributed by atoms with van der Waals surface area (Å²) in [6.45, 7) is 8.99. The van der Waals surface area contributed by atoms with Crippen molar-refractivity contribution in [2.24, 2.45) is 0 Å². The number of aryl methyl sites for hydroxylation is 1. The zero-order chi connectivity index (χ0) is 22.4. The van der Waals surface area contributed by atoms with Gasteiger partial charge in [-0.15, -0.1) is 12.4 Å². The van der Waals surface area contributed by atoms with Gasteiger partial charge < -0.3 is 4.90 Å². The van der Waals surface area contributed by atoms with Crippen LogP contribution in [0.3, 0.4) is 0 Å². The van der Waals surface area contributed by atoms with Gasteiger partial charge in [0.15, 0.2) is 15.0 Å². The number of carbonyl (C=O) groups is 1. The maximum atomic E-state index is 13.2. The number of halogens is 1. The zero-order valence-electron chi connectivity index (χ0n) is 18.7. The lowest BCUT2D eigenvalue weighted by Crippen LogP contribution is -2.41. The molecule has 0 bridgehead atoms. The molecule has 0 aliphatic heterocycles. The van der Waals surface area contributed by atoms with Crippen LogP contribution in [0.2, 0.25) is 0 Å². The first-order valence-electron chi connectivity index (χ1n) is 10.6. The van der Waals surface area contributed by atoms with Gasteiger partial charge in [-0.05, 0) is 43.3 Å². The van der Waals surface area contributed by atoms with E-state index in [4.69, 9.17) is 4.98 Å². The second-order valence-corrected chi connectivity index (χ2v) is 10.3. The molecule has 1 aromatic heterocycles. The van der Waals surface area contributed by atoms with E-state index < -0.39 is 21.5 Å². The van der Waals surface area contributed by atoms with Crippen LogP contribution in [0.15, 0.2) is 53.4 Å². The number of nitrogens with zero attached hydrogens (tertiary/aromatic N) is 3. The molecule has 0 spiro atoms. The smallest absolute Gasteiger partial charge is 0.244 e. The van der Waals surface area contributed by atoms with Gasteiger partial charge in [-0.3, -0.25) is 9.69 Å². The van der Waals surface area contributed by atoms with E-state index in [0.717, 1.165) is 35.3 Å². The summed E-state index contributed by atoms with van der Waals surface area (Å²) in [5.41, 5.74) is 2.00. The van der Waals surface area contributed by atoms with Gasteiger partial charge in [-0.1, -0.05) is 62.4 Å². The average molecular weight is 496 g/mol. The third-order valence-corrected chi connectivity index (χ3v) is 8.02. The lowest BCUT2D eigenvalue weighted by molar-refractivity contribution is -0.116. The molecule has 2 aromatic carbocycles. The fraction of sp³-hybridized carbons (Fsp3) is 0.391. The molecule has 1 amide bonds. The largest absolute Gasteiger partial charge is 0.302 e. The van der Waals surface area contributed by atoms with Crippen molar-refractivity contribution >= 4 is 54.8 Å². The Bertz CT molecular complexity index is 1130. The molecule has 0 aliphatic carbocycles. The highest BCUT2D eigenvalue weighted by molar-refractivity contribution is 7.92. The molecule has 1 heterocycles. The molecule has 0 saturated carbocycles. The minimum Gasteiger partial charge on any atom is -0.302 e. The normalized spacial score (nSPS) is 11.5. The second kappa shape index (κ2) is 11.7. The summed E-state index contributed by atoms with van der Waals surface area (Å²) in [5.74, 6) is -1.03. The van der Waals surface area contributed by atoms with Gasteiger partial charge >= 0.3 is 0 Å². The van der Waals surface area contributed by atoms with E-state index in [2.05, 4.69) is 25.7 Å². The molecular formula is C23H30ClN3O3S2. The molecule has 0 N–H and O–H groups in total. The fourth-order valence-corrected chi connectivity index (χ4v) is 5.73. The van der Waals surface area contributed by atoms with E-state index >= 15 is 0 Å². The minimum atomic E-state index is -3.73. The summed E-state index contributed by atoms with van der Waals surface area (Å²) in [6, 6.07) is 14.1. The van der Waals surface area contributed by atoms with Gasteiger partial charge in [-0.25, -0.2) is 13.4 Å². The first kappa shape index (κ1) is 26.3. The number of carbonyl (C=O) groups excluding carboxylic acids is 1. The highest BCUT2D eigenvalue weighted by atomic mass is 35.5. The molecule has 0 radical (unpaired) electrons. The third kappa shape index (κ3) is 6.07. The predicted octanol–water partition coefficient (Wildman–Crippen LogP) is 4.43. The Morgan fingerprint density at radius 1 is 0.969 bits per heavy atom. The molecule has 32 heavy (non-hydrogen) atoms. The van der Waals surface area contributed by atoms with Crippen LogP contribution in [0, 0.1) is 0 Å². The number of amides is 1. The minimum absolute atomic E-state index is 0. The van der Waals surface area contributed by atoms with Crippen LogP contribution >= 0.6 is 23.7 Å². The van der Waals surface area contributed by atoms with Crippen LogP contribution in [0.5, 0.6) is 0 Å². The van der Waals surface area contributed by atoms with Gasteiger partial charge in [0, 0.05) is 13.1 Å². The van der Waals surface area contributed by atoms with Crippen LogP contribution in [-0.2, 0) is 21.1 Å². The van der Waals surface area contributed by atoms with E-state index in [9.17, 15) is 13.2 Å². The van der Waals surface area contributed by atoms with Gasteiger partial charge in [0.25, 0.3) is 0 Å². The molecule has 0 unspecified atom stereocenters. The van der Waals surface area contributed by atoms with Crippen LogP contribution in [0.25, 0.3) is 10.2 Å². The standard InChI is InChI=1S/C23H29N3O3S2.ClH/c1-4-18-11-10-14-20-22(18)24-23(30-20)26(16-15-25(5-2)6-3)21(27)17-31(28,29)19-12-8-7-9-13-19;/h7-14H,4-6,15-17H2,1-3H3;1H. The predicted molar refractivity (Wildman–Crippen MR) is 135 cm³/mol. The Morgan fingerprint density at radius 2 is 1.66 bits per heavy atom. The van der Waals surface area contributed by atoms with Crippen molar-refractivity contribution in [2.75, 3.05) is 36.8 Å². The lowest BCUT2D eigenvalue weighted by Gasteiger charge is -2.24. The number of hydrogen-bond donors (Lipinski definition) is 0. The van der Waals surface area contributed by atoms with Crippen molar-refractivity contribution in [3.8, 4) is 0 Å². The lowest BCUT2D eigenvalue weighted by atomic mass is 10.1. The molecule has 0 aliphatic rings. The number of thiazole rings is 1. The number of anilines is 1. The number of para-hydroxylation sites is 1. The number of fused-ring (bicyclic) bond motifs is 1. The molecule has 0 atom stereocenters. The van der Waals surface area contributed by atoms with Gasteiger partial charge in [0.1, 0.15) is 5.75 Å². The second-order valence-electron chi connectivity index (χ2n) is 7.26. The molecule has 174 valence electrons. The molecular weight excluding hydrogens is 466 g/mol. The van der Waals surface area contributed by atoms with E-state index in [1.165, 1.54) is 23.5 Å². The average Bonchev–Trinajstić information content (AvgIpc) is 3.21. The monoisotopic (exact) mass is 495 g/mol. The van der Waals surface area contributed by atoms with Crippen molar-refractivity contribution in [2.45, 2.75) is 32.1 Å². The fourth-order valence-electron chi connectivity index (χ4n) is 3.45. The van der Waals surface area contributed by atoms with Crippen molar-refractivity contribution in [1.29, 1.82) is 0 Å². The number of likely N-dealkylation sites (N-methyl/N-ethyl adjacent to an activating group) is 1. The quantitative estimate of drug-likeness (QED) is 0.416. The van der Waals surface area contributed by atoms with E-state index in [1.807, 2.05) is 18.2 Å². The highest BCUT2D eigenvalue weighted by Crippen LogP contribution is 2.31. The Labute approximate surface area is 200 Å². The van der Waals surface area contributed by atoms with Crippen LogP contribution in [0.1, 0.15) is 26.3 Å². The Hall–Kier alpha value is -2.00. The Kier molecular flexibility index (Phi) is 9.64. The van der Waals surface area contributed by atoms with E-state index in [0.29, 0.717) is 18.2 Å². The molecule has 6 nitrogen and oxygen atoms in total. The van der Waals surface area contributed by atoms with Crippen molar-refractivity contribution < 1.29 is 13.2 Å². The van der Waals surface area contributed by atoms with Gasteiger partial charge in [0.2, 0.25) is 5.91 Å². The summed E-state index contributed by atoms with van der Waals surface area (Å²) in [4.78, 5) is 21.9. The first-order chi connectivity index (χ1) is 14.9. The summed E-state index contributed by atoms with van der Waals surface area (Å²) < 4.78 is 26.7. The molecule has 0 fully saturated rings. The Balaban J connectivity index is 0.00000363. The maximum absolute atomic E-state index is 13.2. The van der Waals surface area contributed by atoms with Crippen molar-refractivity contribution in [3.05, 3.63) is 54.1 Å². The van der Waals surface area contributed by atoms with Gasteiger partial charge in [0.05, 0.1) is 15.1 Å². The summed E-state index contributed by atoms with van der Waals surface area (Å²) in [5, 5.41) is 0.552. The number of rotatable bonds is 10. The number of sulfone groups is 1. The van der Waals surface area contributed by atoms with Crippen molar-refractivity contribution in [3.63, 3.8) is 0 Å². The number of hydrogen-bond acceptors (Lipinski definition) is 6. The summed E-state index contributed by atoms with van der Waals surface area (Å²) >= 11 is 1.43. The number of aromatic nitrogens is 1. The molecule has 0 saturated heterocycles. The maximum Gasteiger partial charge on any atom is 0.244 e. The van der Waals surface area contributed by atoms with E-state index in [-0.39, 0.29) is 17.3 Å². The summed E-state index contributed by atoms with van der Waals surface area (Å²) in [7, 11) is -3.73. The third-order valence-electron chi connectivity index (χ3n) is 5.35. The molecule has 3 rings (SSSR count). The Morgan fingerprint density at radius 3 is 2.28 bits per heavy atom. The van der Waals surface area contributed by atoms with Crippen LogP contribution < -0.4 is 4.90 Å². The highest BCUT2D eigenvalue weighted by Gasteiger charge is 2.27. The first-order valence-corrected chi connectivity index (χ1v) is 13.0. The SMILES string of the molecule is CCc1cccc2sc(N(CCN(CC)CC)C(=O)CS(=O)(=O)c3ccccc3)nc12.Cl. The zero-order valence-corrected chi connectivity index (χ0v) is 21.1. The van der Waals surface area contributed by atoms with E-state index in [1.54, 1.807) is 23.1 Å². The van der Waals surface area contributed by atoms with Crippen LogP contribution in [-0.4, -0.2) is 56.1 Å². The summed E-state index contributed by atoms with van der Waals surface area (Å²) in [6.07, 6.45) is 0.844. The van der Waals surface area contributed by atoms with Gasteiger partial charge in [-0.2, -0.15) is 0 Å².